The van der Waals surface area contributed by atoms with Gasteiger partial charge in [-0.2, -0.15) is 0 Å². The van der Waals surface area contributed by atoms with E-state index in [9.17, 15) is 39.0 Å². The van der Waals surface area contributed by atoms with Gasteiger partial charge in [0.05, 0.1) is 23.3 Å². The third-order valence-corrected chi connectivity index (χ3v) is 5.86. The number of carbonyl (C=O) groups excluding carboxylic acids is 4. The van der Waals surface area contributed by atoms with Crippen LogP contribution in [0.15, 0.2) is 30.4 Å². The molecule has 1 saturated carbocycles. The average molecular weight is 489 g/mol. The van der Waals surface area contributed by atoms with Gasteiger partial charge in [0.25, 0.3) is 0 Å². The number of hydrogen-bond donors (Lipinski definition) is 3. The Morgan fingerprint density at radius 1 is 0.943 bits per heavy atom. The summed E-state index contributed by atoms with van der Waals surface area (Å²) < 4.78 is 10.0. The maximum absolute atomic E-state index is 13.1. The topological polar surface area (TPSA) is 173 Å². The standard InChI is InChI=1S/C24H27NO10/c1-11(2)23(32)34-8-9-35-24(33)15-12(3)6-5-7-13(15)10-14(26)16-18(21(28)29)17(20(27)25-4)19(16)22(30)31/h5-7,16-19H,1,8-10H2,2-4H3,(H,25,27)(H,28,29)(H,30,31). The fourth-order valence-electron chi connectivity index (χ4n) is 4.19. The van der Waals surface area contributed by atoms with Crippen LogP contribution in [-0.2, 0) is 39.9 Å². The summed E-state index contributed by atoms with van der Waals surface area (Å²) in [7, 11) is 1.25. The zero-order valence-corrected chi connectivity index (χ0v) is 19.5. The van der Waals surface area contributed by atoms with Gasteiger partial charge in [0.15, 0.2) is 0 Å². The number of carboxylic acids is 2. The first-order valence-electron chi connectivity index (χ1n) is 10.7. The number of amides is 1. The van der Waals surface area contributed by atoms with Crippen LogP contribution in [0.2, 0.25) is 0 Å². The molecule has 2 atom stereocenters. The molecule has 0 spiro atoms. The van der Waals surface area contributed by atoms with E-state index in [0.29, 0.717) is 5.56 Å². The second-order valence-corrected chi connectivity index (χ2v) is 8.20. The zero-order chi connectivity index (χ0) is 26.4. The number of aliphatic carboxylic acids is 2. The van der Waals surface area contributed by atoms with E-state index in [1.807, 2.05) is 0 Å². The highest BCUT2D eigenvalue weighted by atomic mass is 16.6. The monoisotopic (exact) mass is 489 g/mol. The minimum Gasteiger partial charge on any atom is -0.481 e. The first-order chi connectivity index (χ1) is 16.4. The Morgan fingerprint density at radius 3 is 2.03 bits per heavy atom. The number of aryl methyl sites for hydroxylation is 1. The number of esters is 2. The Hall–Kier alpha value is -4.02. The van der Waals surface area contributed by atoms with Crippen LogP contribution in [0, 0.1) is 30.6 Å². The lowest BCUT2D eigenvalue weighted by Crippen LogP contribution is -2.61. The Bertz CT molecular complexity index is 1050. The van der Waals surface area contributed by atoms with Gasteiger partial charge >= 0.3 is 23.9 Å². The molecule has 1 aliphatic rings. The summed E-state index contributed by atoms with van der Waals surface area (Å²) in [5, 5.41) is 21.4. The maximum atomic E-state index is 13.1. The molecule has 188 valence electrons. The number of benzene rings is 1. The Labute approximate surface area is 201 Å². The maximum Gasteiger partial charge on any atom is 0.338 e. The first-order valence-corrected chi connectivity index (χ1v) is 10.7. The third kappa shape index (κ3) is 5.92. The van der Waals surface area contributed by atoms with Gasteiger partial charge in [-0.25, -0.2) is 9.59 Å². The Morgan fingerprint density at radius 2 is 1.51 bits per heavy atom. The summed E-state index contributed by atoms with van der Waals surface area (Å²) in [6.07, 6.45) is -0.435. The third-order valence-electron chi connectivity index (χ3n) is 5.86. The molecule has 0 heterocycles. The molecule has 11 nitrogen and oxygen atoms in total. The number of carboxylic acid groups (broad SMARTS) is 2. The van der Waals surface area contributed by atoms with E-state index in [-0.39, 0.29) is 29.9 Å². The molecule has 1 aliphatic carbocycles. The van der Waals surface area contributed by atoms with E-state index in [0.717, 1.165) is 0 Å². The van der Waals surface area contributed by atoms with Crippen molar-refractivity contribution in [2.45, 2.75) is 20.3 Å². The molecule has 1 fully saturated rings. The van der Waals surface area contributed by atoms with Gasteiger partial charge < -0.3 is 25.0 Å². The van der Waals surface area contributed by atoms with Crippen molar-refractivity contribution in [3.05, 3.63) is 47.0 Å². The highest BCUT2D eigenvalue weighted by Gasteiger charge is 2.63. The van der Waals surface area contributed by atoms with Crippen molar-refractivity contribution in [3.63, 3.8) is 0 Å². The van der Waals surface area contributed by atoms with Gasteiger partial charge in [-0.1, -0.05) is 24.8 Å². The molecule has 1 aromatic rings. The lowest BCUT2D eigenvalue weighted by Gasteiger charge is -2.45. The van der Waals surface area contributed by atoms with Gasteiger partial charge in [-0.05, 0) is 25.0 Å². The number of carbonyl (C=O) groups is 6. The van der Waals surface area contributed by atoms with Crippen molar-refractivity contribution < 1.29 is 48.5 Å². The molecule has 0 aliphatic heterocycles. The molecule has 1 amide bonds. The van der Waals surface area contributed by atoms with Crippen LogP contribution < -0.4 is 5.32 Å². The normalized spacial score (nSPS) is 20.7. The lowest BCUT2D eigenvalue weighted by atomic mass is 9.54. The van der Waals surface area contributed by atoms with Crippen molar-refractivity contribution in [2.75, 3.05) is 20.3 Å². The predicted molar refractivity (Wildman–Crippen MR) is 119 cm³/mol. The zero-order valence-electron chi connectivity index (χ0n) is 19.5. The Kier molecular flexibility index (Phi) is 8.87. The summed E-state index contributed by atoms with van der Waals surface area (Å²) in [4.78, 5) is 72.8. The van der Waals surface area contributed by atoms with Gasteiger partial charge in [0.1, 0.15) is 19.0 Å². The molecule has 11 heteroatoms. The quantitative estimate of drug-likeness (QED) is 0.229. The van der Waals surface area contributed by atoms with Crippen LogP contribution >= 0.6 is 0 Å². The number of Topliss-reactive ketones (excluding diaryl/α,β-unsaturated/α-hetero) is 1. The molecule has 0 aromatic heterocycles. The van der Waals surface area contributed by atoms with E-state index in [2.05, 4.69) is 11.9 Å². The number of hydrogen-bond acceptors (Lipinski definition) is 8. The van der Waals surface area contributed by atoms with Crippen LogP contribution in [0.1, 0.15) is 28.4 Å². The molecular weight excluding hydrogens is 462 g/mol. The highest BCUT2D eigenvalue weighted by Crippen LogP contribution is 2.48. The summed E-state index contributed by atoms with van der Waals surface area (Å²) in [5.41, 5.74) is 0.939. The van der Waals surface area contributed by atoms with Crippen LogP contribution in [-0.4, -0.2) is 66.0 Å². The van der Waals surface area contributed by atoms with Gasteiger partial charge in [0.2, 0.25) is 5.91 Å². The van der Waals surface area contributed by atoms with Crippen molar-refractivity contribution in [2.24, 2.45) is 23.7 Å². The van der Waals surface area contributed by atoms with E-state index in [1.54, 1.807) is 19.1 Å². The van der Waals surface area contributed by atoms with E-state index < -0.39 is 65.7 Å². The molecule has 2 unspecified atom stereocenters. The van der Waals surface area contributed by atoms with Crippen LogP contribution in [0.5, 0.6) is 0 Å². The molecule has 35 heavy (non-hydrogen) atoms. The largest absolute Gasteiger partial charge is 0.481 e. The van der Waals surface area contributed by atoms with Crippen LogP contribution in [0.3, 0.4) is 0 Å². The van der Waals surface area contributed by atoms with Crippen LogP contribution in [0.4, 0.5) is 0 Å². The second-order valence-electron chi connectivity index (χ2n) is 8.20. The summed E-state index contributed by atoms with van der Waals surface area (Å²) in [6.45, 7) is 6.05. The lowest BCUT2D eigenvalue weighted by molar-refractivity contribution is -0.180. The van der Waals surface area contributed by atoms with E-state index in [4.69, 9.17) is 9.47 Å². The molecule has 0 saturated heterocycles. The average Bonchev–Trinajstić information content (AvgIpc) is 2.74. The summed E-state index contributed by atoms with van der Waals surface area (Å²) >= 11 is 0. The predicted octanol–water partition coefficient (Wildman–Crippen LogP) is 0.776. The van der Waals surface area contributed by atoms with E-state index in [1.165, 1.54) is 20.0 Å². The van der Waals surface area contributed by atoms with Crippen molar-refractivity contribution in [1.29, 1.82) is 0 Å². The molecule has 0 radical (unpaired) electrons. The van der Waals surface area contributed by atoms with Crippen molar-refractivity contribution in [1.82, 2.24) is 5.32 Å². The molecular formula is C24H27NO10. The van der Waals surface area contributed by atoms with E-state index >= 15 is 0 Å². The summed E-state index contributed by atoms with van der Waals surface area (Å²) in [6, 6.07) is 4.67. The minimum atomic E-state index is -1.51. The van der Waals surface area contributed by atoms with Gasteiger partial charge in [-0.15, -0.1) is 0 Å². The fourth-order valence-corrected chi connectivity index (χ4v) is 4.19. The molecule has 2 rings (SSSR count). The SMILES string of the molecule is C=C(C)C(=O)OCCOC(=O)c1c(C)cccc1CC(=O)C1C(C(=O)O)C(C(=O)NC)C1C(=O)O. The first kappa shape index (κ1) is 27.2. The number of rotatable bonds is 11. The summed E-state index contributed by atoms with van der Waals surface area (Å²) in [5.74, 6) is -11.7. The smallest absolute Gasteiger partial charge is 0.338 e. The number of nitrogens with one attached hydrogen (secondary N) is 1. The minimum absolute atomic E-state index is 0.0630. The van der Waals surface area contributed by atoms with Crippen molar-refractivity contribution >= 4 is 35.6 Å². The number of ether oxygens (including phenoxy) is 2. The van der Waals surface area contributed by atoms with Gasteiger partial charge in [0, 0.05) is 25.0 Å². The molecule has 1 aromatic carbocycles. The van der Waals surface area contributed by atoms with Gasteiger partial charge in [-0.3, -0.25) is 19.2 Å². The Balaban J connectivity index is 2.22. The number of ketones is 1. The highest BCUT2D eigenvalue weighted by molar-refractivity contribution is 6.02. The second kappa shape index (κ2) is 11.4. The molecule has 3 N–H and O–H groups in total. The fraction of sp³-hybridized carbons (Fsp3) is 0.417. The molecule has 0 bridgehead atoms. The van der Waals surface area contributed by atoms with Crippen LogP contribution in [0.25, 0.3) is 0 Å². The van der Waals surface area contributed by atoms with Crippen molar-refractivity contribution in [3.8, 4) is 0 Å².